The van der Waals surface area contributed by atoms with Crippen LogP contribution in [0.5, 0.6) is 0 Å². The van der Waals surface area contributed by atoms with E-state index in [4.69, 9.17) is 5.14 Å². The van der Waals surface area contributed by atoms with Gasteiger partial charge in [-0.05, 0) is 43.4 Å². The third-order valence-electron chi connectivity index (χ3n) is 3.30. The van der Waals surface area contributed by atoms with E-state index in [0.717, 1.165) is 24.7 Å². The molecule has 0 aromatic carbocycles. The molecule has 90 valence electrons. The Labute approximate surface area is 92.4 Å². The van der Waals surface area contributed by atoms with Gasteiger partial charge >= 0.3 is 10.3 Å². The zero-order valence-corrected chi connectivity index (χ0v) is 10.3. The Hall–Kier alpha value is -0.130. The molecule has 0 heterocycles. The third kappa shape index (κ3) is 4.95. The molecule has 1 aliphatic rings. The van der Waals surface area contributed by atoms with E-state index in [1.54, 1.807) is 0 Å². The maximum Gasteiger partial charge on any atom is 0.333 e. The predicted octanol–water partition coefficient (Wildman–Crippen LogP) is 1.67. The van der Waals surface area contributed by atoms with Gasteiger partial charge in [-0.1, -0.05) is 13.8 Å². The minimum atomic E-state index is -3.75. The molecule has 5 heteroatoms. The summed E-state index contributed by atoms with van der Waals surface area (Å²) in [5.41, 5.74) is 0. The van der Waals surface area contributed by atoms with Crippen LogP contribution in [-0.2, 0) is 14.5 Å². The van der Waals surface area contributed by atoms with E-state index in [2.05, 4.69) is 18.0 Å². The van der Waals surface area contributed by atoms with E-state index in [1.165, 1.54) is 12.8 Å². The van der Waals surface area contributed by atoms with Gasteiger partial charge < -0.3 is 0 Å². The molecule has 0 bridgehead atoms. The molecule has 0 atom stereocenters. The van der Waals surface area contributed by atoms with Crippen molar-refractivity contribution in [1.29, 1.82) is 0 Å². The fraction of sp³-hybridized carbons (Fsp3) is 1.00. The van der Waals surface area contributed by atoms with E-state index in [-0.39, 0.29) is 6.61 Å². The van der Waals surface area contributed by atoms with Crippen LogP contribution in [0.4, 0.5) is 0 Å². The highest BCUT2D eigenvalue weighted by molar-refractivity contribution is 7.84. The highest BCUT2D eigenvalue weighted by atomic mass is 32.2. The van der Waals surface area contributed by atoms with Gasteiger partial charge in [-0.15, -0.1) is 0 Å². The largest absolute Gasteiger partial charge is 0.333 e. The lowest BCUT2D eigenvalue weighted by atomic mass is 9.77. The van der Waals surface area contributed by atoms with Crippen molar-refractivity contribution in [2.45, 2.75) is 39.5 Å². The third-order valence-corrected chi connectivity index (χ3v) is 3.77. The average Bonchev–Trinajstić information content (AvgIpc) is 2.14. The molecule has 0 aromatic rings. The lowest BCUT2D eigenvalue weighted by Gasteiger charge is -2.30. The Morgan fingerprint density at radius 1 is 1.27 bits per heavy atom. The predicted molar refractivity (Wildman–Crippen MR) is 59.3 cm³/mol. The Morgan fingerprint density at radius 2 is 1.80 bits per heavy atom. The molecule has 1 fully saturated rings. The van der Waals surface area contributed by atoms with Crippen LogP contribution >= 0.6 is 0 Å². The molecule has 2 N–H and O–H groups in total. The maximum absolute atomic E-state index is 10.6. The summed E-state index contributed by atoms with van der Waals surface area (Å²) in [7, 11) is -3.75. The molecule has 0 amide bonds. The van der Waals surface area contributed by atoms with Crippen molar-refractivity contribution in [3.05, 3.63) is 0 Å². The number of hydrogen-bond donors (Lipinski definition) is 1. The molecule has 0 spiro atoms. The zero-order chi connectivity index (χ0) is 11.5. The highest BCUT2D eigenvalue weighted by Crippen LogP contribution is 2.33. The first-order valence-corrected chi connectivity index (χ1v) is 7.03. The molecule has 15 heavy (non-hydrogen) atoms. The molecule has 0 saturated heterocycles. The Kier molecular flexibility index (Phi) is 4.55. The normalized spacial score (nSPS) is 28.3. The van der Waals surface area contributed by atoms with Crippen LogP contribution in [0.2, 0.25) is 0 Å². The van der Waals surface area contributed by atoms with Crippen LogP contribution in [0.15, 0.2) is 0 Å². The summed E-state index contributed by atoms with van der Waals surface area (Å²) in [6, 6.07) is 0. The zero-order valence-electron chi connectivity index (χ0n) is 9.48. The van der Waals surface area contributed by atoms with Crippen LogP contribution in [-0.4, -0.2) is 15.0 Å². The van der Waals surface area contributed by atoms with Crippen molar-refractivity contribution >= 4 is 10.3 Å². The standard InChI is InChI=1S/C10H21NO3S/c1-8(2)10-5-3-9(4-6-10)7-14-15(11,12)13/h8-10H,3-7H2,1-2H3,(H2,11,12,13). The van der Waals surface area contributed by atoms with Crippen molar-refractivity contribution in [1.82, 2.24) is 0 Å². The summed E-state index contributed by atoms with van der Waals surface area (Å²) in [6.07, 6.45) is 4.46. The molecule has 0 radical (unpaired) electrons. The summed E-state index contributed by atoms with van der Waals surface area (Å²) >= 11 is 0. The molecule has 4 nitrogen and oxygen atoms in total. The second-order valence-corrected chi connectivity index (χ2v) is 6.02. The van der Waals surface area contributed by atoms with Crippen LogP contribution in [0, 0.1) is 17.8 Å². The van der Waals surface area contributed by atoms with Crippen LogP contribution in [0.25, 0.3) is 0 Å². The molecule has 0 aromatic heterocycles. The van der Waals surface area contributed by atoms with Gasteiger partial charge in [0, 0.05) is 0 Å². The van der Waals surface area contributed by atoms with Crippen molar-refractivity contribution in [3.63, 3.8) is 0 Å². The molecule has 1 aliphatic carbocycles. The molecular formula is C10H21NO3S. The van der Waals surface area contributed by atoms with Gasteiger partial charge in [-0.25, -0.2) is 5.14 Å². The quantitative estimate of drug-likeness (QED) is 0.805. The molecule has 0 aliphatic heterocycles. The van der Waals surface area contributed by atoms with E-state index >= 15 is 0 Å². The fourth-order valence-electron chi connectivity index (χ4n) is 2.21. The number of nitrogens with two attached hydrogens (primary N) is 1. The van der Waals surface area contributed by atoms with E-state index in [9.17, 15) is 8.42 Å². The molecule has 0 unspecified atom stereocenters. The van der Waals surface area contributed by atoms with Gasteiger partial charge in [0.25, 0.3) is 0 Å². The smallest absolute Gasteiger partial charge is 0.258 e. The average molecular weight is 235 g/mol. The summed E-state index contributed by atoms with van der Waals surface area (Å²) in [6.45, 7) is 4.74. The topological polar surface area (TPSA) is 69.4 Å². The summed E-state index contributed by atoms with van der Waals surface area (Å²) in [5.74, 6) is 1.87. The molecular weight excluding hydrogens is 214 g/mol. The first-order chi connectivity index (χ1) is 6.88. The Balaban J connectivity index is 2.26. The Morgan fingerprint density at radius 3 is 2.20 bits per heavy atom. The van der Waals surface area contributed by atoms with Crippen LogP contribution in [0.3, 0.4) is 0 Å². The lowest BCUT2D eigenvalue weighted by Crippen LogP contribution is -2.25. The molecule has 1 rings (SSSR count). The SMILES string of the molecule is CC(C)C1CCC(COS(N)(=O)=O)CC1. The number of hydrogen-bond acceptors (Lipinski definition) is 3. The van der Waals surface area contributed by atoms with E-state index in [1.807, 2.05) is 0 Å². The van der Waals surface area contributed by atoms with Crippen LogP contribution < -0.4 is 5.14 Å². The first-order valence-electron chi connectivity index (χ1n) is 5.55. The second kappa shape index (κ2) is 5.27. The summed E-state index contributed by atoms with van der Waals surface area (Å²) in [5, 5.41) is 4.78. The minimum Gasteiger partial charge on any atom is -0.258 e. The summed E-state index contributed by atoms with van der Waals surface area (Å²) < 4.78 is 25.8. The molecule has 1 saturated carbocycles. The van der Waals surface area contributed by atoms with Crippen molar-refractivity contribution in [3.8, 4) is 0 Å². The monoisotopic (exact) mass is 235 g/mol. The van der Waals surface area contributed by atoms with E-state index in [0.29, 0.717) is 5.92 Å². The van der Waals surface area contributed by atoms with Gasteiger partial charge in [0.15, 0.2) is 0 Å². The fourth-order valence-corrected chi connectivity index (χ4v) is 2.59. The first kappa shape index (κ1) is 12.9. The second-order valence-electron chi connectivity index (χ2n) is 4.80. The van der Waals surface area contributed by atoms with Crippen molar-refractivity contribution < 1.29 is 12.6 Å². The summed E-state index contributed by atoms with van der Waals surface area (Å²) in [4.78, 5) is 0. The van der Waals surface area contributed by atoms with Crippen molar-refractivity contribution in [2.75, 3.05) is 6.61 Å². The lowest BCUT2D eigenvalue weighted by molar-refractivity contribution is 0.166. The van der Waals surface area contributed by atoms with Gasteiger partial charge in [-0.2, -0.15) is 8.42 Å². The maximum atomic E-state index is 10.6. The van der Waals surface area contributed by atoms with Crippen LogP contribution in [0.1, 0.15) is 39.5 Å². The Bertz CT molecular complexity index is 279. The minimum absolute atomic E-state index is 0.254. The van der Waals surface area contributed by atoms with Gasteiger partial charge in [-0.3, -0.25) is 4.18 Å². The van der Waals surface area contributed by atoms with E-state index < -0.39 is 10.3 Å². The van der Waals surface area contributed by atoms with Gasteiger partial charge in [0.05, 0.1) is 6.61 Å². The van der Waals surface area contributed by atoms with Gasteiger partial charge in [0.2, 0.25) is 0 Å². The van der Waals surface area contributed by atoms with Crippen molar-refractivity contribution in [2.24, 2.45) is 22.9 Å². The van der Waals surface area contributed by atoms with Gasteiger partial charge in [0.1, 0.15) is 0 Å². The highest BCUT2D eigenvalue weighted by Gasteiger charge is 2.24. The number of rotatable bonds is 4.